The molecule has 0 aromatic heterocycles. The molecule has 2 N–H and O–H groups in total. The summed E-state index contributed by atoms with van der Waals surface area (Å²) in [5, 5.41) is 11.4. The molecule has 6 heteroatoms. The van der Waals surface area contributed by atoms with E-state index >= 15 is 0 Å². The van der Waals surface area contributed by atoms with E-state index in [1.54, 1.807) is 25.1 Å². The minimum absolute atomic E-state index is 0.0563. The van der Waals surface area contributed by atoms with E-state index in [2.05, 4.69) is 10.1 Å². The Bertz CT molecular complexity index is 631. The van der Waals surface area contributed by atoms with E-state index in [-0.39, 0.29) is 22.4 Å². The van der Waals surface area contributed by atoms with Crippen molar-refractivity contribution in [3.8, 4) is 0 Å². The minimum atomic E-state index is -1.17. The molecule has 0 aliphatic carbocycles. The van der Waals surface area contributed by atoms with E-state index in [4.69, 9.17) is 5.11 Å². The first-order valence-electron chi connectivity index (χ1n) is 6.19. The Morgan fingerprint density at radius 3 is 2.29 bits per heavy atom. The maximum atomic E-state index is 12.0. The van der Waals surface area contributed by atoms with Crippen molar-refractivity contribution in [2.45, 2.75) is 20.8 Å². The van der Waals surface area contributed by atoms with Crippen LogP contribution in [-0.4, -0.2) is 30.1 Å². The second-order valence-electron chi connectivity index (χ2n) is 4.55. The molecule has 1 rings (SSSR count). The Balaban J connectivity index is 3.14. The summed E-state index contributed by atoms with van der Waals surface area (Å²) in [7, 11) is 1.25. The zero-order valence-electron chi connectivity index (χ0n) is 12.3. The molecule has 1 aromatic rings. The Labute approximate surface area is 122 Å². The molecule has 0 saturated carbocycles. The van der Waals surface area contributed by atoms with E-state index in [1.807, 2.05) is 0 Å². The van der Waals surface area contributed by atoms with Gasteiger partial charge in [0.2, 0.25) is 0 Å². The van der Waals surface area contributed by atoms with E-state index in [1.165, 1.54) is 21.0 Å². The number of hydrogen-bond acceptors (Lipinski definition) is 4. The Morgan fingerprint density at radius 1 is 1.14 bits per heavy atom. The van der Waals surface area contributed by atoms with Crippen LogP contribution in [0.2, 0.25) is 0 Å². The lowest BCUT2D eigenvalue weighted by atomic mass is 10.1. The van der Waals surface area contributed by atoms with Crippen molar-refractivity contribution in [1.82, 2.24) is 0 Å². The second-order valence-corrected chi connectivity index (χ2v) is 4.55. The third-order valence-corrected chi connectivity index (χ3v) is 3.05. The number of aliphatic carboxylic acids is 1. The number of esters is 1. The zero-order valence-corrected chi connectivity index (χ0v) is 12.3. The van der Waals surface area contributed by atoms with Crippen molar-refractivity contribution >= 4 is 23.5 Å². The fraction of sp³-hybridized carbons (Fsp3) is 0.267. The molecule has 0 radical (unpaired) electrons. The first kappa shape index (κ1) is 16.4. The molecule has 0 heterocycles. The van der Waals surface area contributed by atoms with Crippen molar-refractivity contribution in [1.29, 1.82) is 0 Å². The highest BCUT2D eigenvalue weighted by Gasteiger charge is 2.17. The van der Waals surface area contributed by atoms with Crippen molar-refractivity contribution < 1.29 is 24.2 Å². The predicted octanol–water partition coefficient (Wildman–Crippen LogP) is 2.14. The molecule has 21 heavy (non-hydrogen) atoms. The molecule has 0 unspecified atom stereocenters. The van der Waals surface area contributed by atoms with Crippen LogP contribution in [-0.2, 0) is 14.3 Å². The van der Waals surface area contributed by atoms with Crippen LogP contribution in [0.4, 0.5) is 5.69 Å². The highest BCUT2D eigenvalue weighted by Crippen LogP contribution is 2.19. The van der Waals surface area contributed by atoms with Gasteiger partial charge in [0.15, 0.2) is 0 Å². The van der Waals surface area contributed by atoms with Crippen LogP contribution in [0.3, 0.4) is 0 Å². The highest BCUT2D eigenvalue weighted by molar-refractivity contribution is 6.10. The topological polar surface area (TPSA) is 92.7 Å². The summed E-state index contributed by atoms with van der Waals surface area (Å²) in [6.07, 6.45) is 0. The number of nitrogens with one attached hydrogen (secondary N) is 1. The number of benzene rings is 1. The van der Waals surface area contributed by atoms with Gasteiger partial charge in [0.1, 0.15) is 0 Å². The standard InChI is InChI=1S/C15H17NO5/c1-8-5-6-12(11(7-8)15(20)21-4)16-13(17)9(2)10(3)14(18)19/h5-7H,1-4H3,(H,16,17)(H,18,19). The third-order valence-electron chi connectivity index (χ3n) is 3.05. The van der Waals surface area contributed by atoms with Crippen molar-refractivity contribution in [3.63, 3.8) is 0 Å². The Hall–Kier alpha value is -2.63. The summed E-state index contributed by atoms with van der Waals surface area (Å²) in [5.74, 6) is -2.32. The fourth-order valence-corrected chi connectivity index (χ4v) is 1.59. The molecule has 0 aliphatic heterocycles. The number of carboxylic acid groups (broad SMARTS) is 1. The molecular weight excluding hydrogens is 274 g/mol. The van der Waals surface area contributed by atoms with Gasteiger partial charge in [0, 0.05) is 11.1 Å². The molecule has 0 bridgehead atoms. The van der Waals surface area contributed by atoms with Gasteiger partial charge < -0.3 is 15.2 Å². The average Bonchev–Trinajstić information content (AvgIpc) is 2.46. The van der Waals surface area contributed by atoms with Gasteiger partial charge in [-0.2, -0.15) is 0 Å². The minimum Gasteiger partial charge on any atom is -0.478 e. The predicted molar refractivity (Wildman–Crippen MR) is 77.2 cm³/mol. The van der Waals surface area contributed by atoms with Crippen LogP contribution in [0, 0.1) is 6.92 Å². The molecule has 112 valence electrons. The van der Waals surface area contributed by atoms with E-state index in [0.29, 0.717) is 0 Å². The maximum absolute atomic E-state index is 12.0. The van der Waals surface area contributed by atoms with Gasteiger partial charge in [-0.05, 0) is 32.9 Å². The number of ether oxygens (including phenoxy) is 1. The number of anilines is 1. The summed E-state index contributed by atoms with van der Waals surface area (Å²) >= 11 is 0. The van der Waals surface area contributed by atoms with Gasteiger partial charge in [-0.25, -0.2) is 9.59 Å². The fourth-order valence-electron chi connectivity index (χ4n) is 1.59. The van der Waals surface area contributed by atoms with Crippen molar-refractivity contribution in [2.24, 2.45) is 0 Å². The summed E-state index contributed by atoms with van der Waals surface area (Å²) in [4.78, 5) is 34.6. The average molecular weight is 291 g/mol. The maximum Gasteiger partial charge on any atom is 0.339 e. The van der Waals surface area contributed by atoms with Crippen LogP contribution >= 0.6 is 0 Å². The summed E-state index contributed by atoms with van der Waals surface area (Å²) in [6.45, 7) is 4.55. The quantitative estimate of drug-likeness (QED) is 0.655. The SMILES string of the molecule is COC(=O)c1cc(C)ccc1NC(=O)C(C)=C(C)C(=O)O. The lowest BCUT2D eigenvalue weighted by Gasteiger charge is -2.11. The van der Waals surface area contributed by atoms with Crippen LogP contribution in [0.15, 0.2) is 29.3 Å². The first-order valence-corrected chi connectivity index (χ1v) is 6.19. The molecule has 0 spiro atoms. The number of carbonyl (C=O) groups excluding carboxylic acids is 2. The molecule has 6 nitrogen and oxygen atoms in total. The molecule has 0 atom stereocenters. The zero-order chi connectivity index (χ0) is 16.2. The van der Waals surface area contributed by atoms with Gasteiger partial charge in [0.05, 0.1) is 18.4 Å². The van der Waals surface area contributed by atoms with E-state index < -0.39 is 17.8 Å². The third kappa shape index (κ3) is 3.92. The van der Waals surface area contributed by atoms with Crippen LogP contribution in [0.5, 0.6) is 0 Å². The van der Waals surface area contributed by atoms with Crippen molar-refractivity contribution in [2.75, 3.05) is 12.4 Å². The summed E-state index contributed by atoms with van der Waals surface area (Å²) in [6, 6.07) is 4.89. The van der Waals surface area contributed by atoms with E-state index in [0.717, 1.165) is 5.56 Å². The van der Waals surface area contributed by atoms with Crippen molar-refractivity contribution in [3.05, 3.63) is 40.5 Å². The Morgan fingerprint density at radius 2 is 1.76 bits per heavy atom. The molecule has 0 aliphatic rings. The number of amides is 1. The number of carboxylic acids is 1. The molecular formula is C15H17NO5. The number of rotatable bonds is 4. The molecule has 0 saturated heterocycles. The second kappa shape index (κ2) is 6.69. The highest BCUT2D eigenvalue weighted by atomic mass is 16.5. The van der Waals surface area contributed by atoms with Gasteiger partial charge in [-0.3, -0.25) is 4.79 Å². The molecule has 1 aromatic carbocycles. The first-order chi connectivity index (χ1) is 9.77. The van der Waals surface area contributed by atoms with Crippen LogP contribution in [0.1, 0.15) is 29.8 Å². The van der Waals surface area contributed by atoms with Gasteiger partial charge >= 0.3 is 11.9 Å². The summed E-state index contributed by atoms with van der Waals surface area (Å²) < 4.78 is 4.66. The van der Waals surface area contributed by atoms with Crippen LogP contribution < -0.4 is 5.32 Å². The number of hydrogen-bond donors (Lipinski definition) is 2. The van der Waals surface area contributed by atoms with Gasteiger partial charge in [0.25, 0.3) is 5.91 Å². The van der Waals surface area contributed by atoms with E-state index in [9.17, 15) is 14.4 Å². The van der Waals surface area contributed by atoms with Gasteiger partial charge in [-0.1, -0.05) is 11.6 Å². The molecule has 1 amide bonds. The number of methoxy groups -OCH3 is 1. The largest absolute Gasteiger partial charge is 0.478 e. The van der Waals surface area contributed by atoms with Crippen LogP contribution in [0.25, 0.3) is 0 Å². The lowest BCUT2D eigenvalue weighted by molar-refractivity contribution is -0.133. The number of aryl methyl sites for hydroxylation is 1. The number of carbonyl (C=O) groups is 3. The summed E-state index contributed by atoms with van der Waals surface area (Å²) in [5.41, 5.74) is 1.34. The Kier molecular flexibility index (Phi) is 5.24. The lowest BCUT2D eigenvalue weighted by Crippen LogP contribution is -2.18. The molecule has 0 fully saturated rings. The normalized spacial score (nSPS) is 11.4. The monoisotopic (exact) mass is 291 g/mol. The smallest absolute Gasteiger partial charge is 0.339 e. The van der Waals surface area contributed by atoms with Gasteiger partial charge in [-0.15, -0.1) is 0 Å².